The maximum Gasteiger partial charge on any atom is 0.252 e. The van der Waals surface area contributed by atoms with Crippen LogP contribution in [-0.2, 0) is 6.42 Å². The molecule has 0 saturated heterocycles. The van der Waals surface area contributed by atoms with Crippen LogP contribution in [0.15, 0.2) is 36.5 Å². The molecular formula is C23H27N3O3. The topological polar surface area (TPSA) is 108 Å². The summed E-state index contributed by atoms with van der Waals surface area (Å²) in [6, 6.07) is 9.23. The molecule has 4 bridgehead atoms. The number of nitrogens with zero attached hydrogens (tertiary/aromatic N) is 1. The Bertz CT molecular complexity index is 927. The summed E-state index contributed by atoms with van der Waals surface area (Å²) in [5.41, 5.74) is 8.16. The number of rotatable bonds is 5. The predicted molar refractivity (Wildman–Crippen MR) is 110 cm³/mol. The minimum absolute atomic E-state index is 0.233. The summed E-state index contributed by atoms with van der Waals surface area (Å²) in [6.45, 7) is 0. The Morgan fingerprint density at radius 2 is 1.86 bits per heavy atom. The Morgan fingerprint density at radius 3 is 2.48 bits per heavy atom. The maximum absolute atomic E-state index is 12.0. The molecule has 4 saturated carbocycles. The summed E-state index contributed by atoms with van der Waals surface area (Å²) in [7, 11) is 0. The van der Waals surface area contributed by atoms with Crippen molar-refractivity contribution >= 4 is 11.6 Å². The van der Waals surface area contributed by atoms with E-state index in [0.29, 0.717) is 29.7 Å². The van der Waals surface area contributed by atoms with Crippen LogP contribution in [0.3, 0.4) is 0 Å². The van der Waals surface area contributed by atoms with E-state index >= 15 is 0 Å². The highest BCUT2D eigenvalue weighted by Gasteiger charge is 2.54. The fourth-order valence-corrected chi connectivity index (χ4v) is 6.13. The molecule has 4 aliphatic rings. The van der Waals surface area contributed by atoms with Crippen LogP contribution >= 0.6 is 0 Å². The molecule has 6 rings (SSSR count). The first kappa shape index (κ1) is 18.4. The van der Waals surface area contributed by atoms with E-state index in [1.165, 1.54) is 0 Å². The first-order valence-electron chi connectivity index (χ1n) is 10.4. The number of carbonyl (C=O) groups is 1. The molecule has 1 amide bonds. The Balaban J connectivity index is 1.41. The number of phenolic OH excluding ortho intramolecular Hbond substituents is 1. The Morgan fingerprint density at radius 1 is 1.17 bits per heavy atom. The Kier molecular flexibility index (Phi) is 4.28. The minimum atomic E-state index is -0.487. The van der Waals surface area contributed by atoms with Crippen LogP contribution in [0.4, 0.5) is 5.69 Å². The molecule has 2 aromatic rings. The van der Waals surface area contributed by atoms with Crippen molar-refractivity contribution in [3.63, 3.8) is 0 Å². The number of nitrogens with one attached hydrogen (secondary N) is 1. The molecule has 5 N–H and O–H groups in total. The molecule has 4 aliphatic carbocycles. The standard InChI is InChI=1S/C23H27N3O3/c24-22(28)19-12-25-17(7-13-1-3-18(27)4-2-13)8-20(19)26-21-15-5-14-6-16(21)11-23(29,9-14)10-15/h1-4,8,12,14-16,21,27,29H,5-7,9-11H2,(H2,24,28)(H,25,26)/t14?,15-,16+,21?,23?. The first-order valence-corrected chi connectivity index (χ1v) is 10.4. The molecule has 3 unspecified atom stereocenters. The van der Waals surface area contributed by atoms with E-state index in [0.717, 1.165) is 49.0 Å². The number of primary amides is 1. The van der Waals surface area contributed by atoms with Gasteiger partial charge in [0.25, 0.3) is 5.91 Å². The molecule has 5 atom stereocenters. The van der Waals surface area contributed by atoms with Gasteiger partial charge in [0.15, 0.2) is 0 Å². The lowest BCUT2D eigenvalue weighted by atomic mass is 9.52. The van der Waals surface area contributed by atoms with Gasteiger partial charge in [0, 0.05) is 24.4 Å². The number of hydrogen-bond donors (Lipinski definition) is 4. The summed E-state index contributed by atoms with van der Waals surface area (Å²) in [4.78, 5) is 16.4. The van der Waals surface area contributed by atoms with Crippen LogP contribution in [-0.4, -0.2) is 32.7 Å². The van der Waals surface area contributed by atoms with Gasteiger partial charge in [-0.05, 0) is 73.6 Å². The van der Waals surface area contributed by atoms with Gasteiger partial charge in [-0.1, -0.05) is 12.1 Å². The monoisotopic (exact) mass is 393 g/mol. The third-order valence-electron chi connectivity index (χ3n) is 7.11. The van der Waals surface area contributed by atoms with E-state index in [2.05, 4.69) is 10.3 Å². The molecule has 6 heteroatoms. The second-order valence-corrected chi connectivity index (χ2v) is 9.29. The van der Waals surface area contributed by atoms with Gasteiger partial charge in [-0.15, -0.1) is 0 Å². The number of hydrogen-bond acceptors (Lipinski definition) is 5. The number of benzene rings is 1. The summed E-state index contributed by atoms with van der Waals surface area (Å²) in [6.07, 6.45) is 7.09. The third-order valence-corrected chi connectivity index (χ3v) is 7.11. The van der Waals surface area contributed by atoms with Crippen LogP contribution < -0.4 is 11.1 Å². The summed E-state index contributed by atoms with van der Waals surface area (Å²) >= 11 is 0. The van der Waals surface area contributed by atoms with Crippen LogP contribution in [0.1, 0.15) is 53.7 Å². The van der Waals surface area contributed by atoms with Crippen molar-refractivity contribution < 1.29 is 15.0 Å². The lowest BCUT2D eigenvalue weighted by Crippen LogP contribution is -2.59. The number of carbonyl (C=O) groups excluding carboxylic acids is 1. The molecule has 1 heterocycles. The molecule has 4 fully saturated rings. The number of amides is 1. The highest BCUT2D eigenvalue weighted by Crippen LogP contribution is 2.56. The lowest BCUT2D eigenvalue weighted by molar-refractivity contribution is -0.129. The van der Waals surface area contributed by atoms with Gasteiger partial charge in [0.05, 0.1) is 16.9 Å². The third kappa shape index (κ3) is 3.46. The normalized spacial score (nSPS) is 32.3. The van der Waals surface area contributed by atoms with Gasteiger partial charge in [-0.3, -0.25) is 9.78 Å². The van der Waals surface area contributed by atoms with E-state index < -0.39 is 11.5 Å². The van der Waals surface area contributed by atoms with Gasteiger partial charge in [-0.25, -0.2) is 0 Å². The first-order chi connectivity index (χ1) is 13.9. The average molecular weight is 393 g/mol. The van der Waals surface area contributed by atoms with E-state index in [4.69, 9.17) is 5.73 Å². The van der Waals surface area contributed by atoms with Crippen molar-refractivity contribution in [1.82, 2.24) is 4.98 Å². The highest BCUT2D eigenvalue weighted by atomic mass is 16.3. The van der Waals surface area contributed by atoms with Crippen molar-refractivity contribution in [1.29, 1.82) is 0 Å². The molecule has 0 spiro atoms. The van der Waals surface area contributed by atoms with E-state index in [9.17, 15) is 15.0 Å². The molecule has 1 aromatic heterocycles. The van der Waals surface area contributed by atoms with Gasteiger partial charge in [0.2, 0.25) is 0 Å². The number of anilines is 1. The second kappa shape index (κ2) is 6.73. The number of phenols is 1. The molecule has 0 radical (unpaired) electrons. The number of nitrogens with two attached hydrogens (primary N) is 1. The molecule has 6 nitrogen and oxygen atoms in total. The van der Waals surface area contributed by atoms with E-state index in [1.54, 1.807) is 18.3 Å². The van der Waals surface area contributed by atoms with Crippen molar-refractivity contribution in [2.45, 2.75) is 50.2 Å². The maximum atomic E-state index is 12.0. The van der Waals surface area contributed by atoms with Crippen molar-refractivity contribution in [3.8, 4) is 5.75 Å². The van der Waals surface area contributed by atoms with Gasteiger partial charge in [-0.2, -0.15) is 0 Å². The number of pyridine rings is 1. The second-order valence-electron chi connectivity index (χ2n) is 9.29. The fraction of sp³-hybridized carbons (Fsp3) is 0.478. The zero-order valence-corrected chi connectivity index (χ0v) is 16.3. The minimum Gasteiger partial charge on any atom is -0.508 e. The summed E-state index contributed by atoms with van der Waals surface area (Å²) in [5, 5.41) is 23.9. The summed E-state index contributed by atoms with van der Waals surface area (Å²) in [5.74, 6) is 1.24. The highest BCUT2D eigenvalue weighted by molar-refractivity contribution is 5.98. The lowest BCUT2D eigenvalue weighted by Gasteiger charge is -2.58. The Hall–Kier alpha value is -2.60. The average Bonchev–Trinajstić information content (AvgIpc) is 2.65. The van der Waals surface area contributed by atoms with Crippen molar-refractivity contribution in [3.05, 3.63) is 53.3 Å². The molecule has 0 aliphatic heterocycles. The van der Waals surface area contributed by atoms with Gasteiger partial charge in [0.1, 0.15) is 5.75 Å². The van der Waals surface area contributed by atoms with Crippen LogP contribution in [0, 0.1) is 17.8 Å². The zero-order chi connectivity index (χ0) is 20.2. The molecule has 1 aromatic carbocycles. The number of aromatic nitrogens is 1. The van der Waals surface area contributed by atoms with E-state index in [1.807, 2.05) is 18.2 Å². The largest absolute Gasteiger partial charge is 0.508 e. The smallest absolute Gasteiger partial charge is 0.252 e. The molecule has 29 heavy (non-hydrogen) atoms. The van der Waals surface area contributed by atoms with Crippen LogP contribution in [0.25, 0.3) is 0 Å². The Labute approximate surface area is 170 Å². The quantitative estimate of drug-likeness (QED) is 0.625. The fourth-order valence-electron chi connectivity index (χ4n) is 6.13. The van der Waals surface area contributed by atoms with E-state index in [-0.39, 0.29) is 11.8 Å². The number of aliphatic hydroxyl groups is 1. The SMILES string of the molecule is NC(=O)c1cnc(Cc2ccc(O)cc2)cc1NC1[C@@H]2CC3C[C@H]1CC(O)(C3)C2. The zero-order valence-electron chi connectivity index (χ0n) is 16.3. The molecule has 152 valence electrons. The van der Waals surface area contributed by atoms with Crippen molar-refractivity contribution in [2.75, 3.05) is 5.32 Å². The summed E-state index contributed by atoms with van der Waals surface area (Å²) < 4.78 is 0. The van der Waals surface area contributed by atoms with Gasteiger partial charge < -0.3 is 21.3 Å². The van der Waals surface area contributed by atoms with Crippen molar-refractivity contribution in [2.24, 2.45) is 23.5 Å². The molecular weight excluding hydrogens is 366 g/mol. The number of aromatic hydroxyl groups is 1. The predicted octanol–water partition coefficient (Wildman–Crippen LogP) is 2.83. The van der Waals surface area contributed by atoms with Crippen LogP contribution in [0.2, 0.25) is 0 Å². The van der Waals surface area contributed by atoms with Crippen LogP contribution in [0.5, 0.6) is 5.75 Å². The van der Waals surface area contributed by atoms with Gasteiger partial charge >= 0.3 is 0 Å².